The van der Waals surface area contributed by atoms with Gasteiger partial charge in [0.05, 0.1) is 12.0 Å². The maximum absolute atomic E-state index is 13.6. The van der Waals surface area contributed by atoms with E-state index in [1.807, 2.05) is 6.07 Å². The largest absolute Gasteiger partial charge is 0.496 e. The molecule has 0 aliphatic rings. The molecule has 11 heteroatoms. The van der Waals surface area contributed by atoms with Crippen molar-refractivity contribution < 1.29 is 18.8 Å². The molecule has 0 saturated heterocycles. The number of rotatable bonds is 6. The van der Waals surface area contributed by atoms with Gasteiger partial charge in [0.2, 0.25) is 0 Å². The first-order valence-electron chi connectivity index (χ1n) is 8.90. The second kappa shape index (κ2) is 8.85. The van der Waals surface area contributed by atoms with Crippen molar-refractivity contribution in [3.8, 4) is 34.8 Å². The molecule has 10 nitrogen and oxygen atoms in total. The van der Waals surface area contributed by atoms with Gasteiger partial charge in [-0.25, -0.2) is 4.39 Å². The van der Waals surface area contributed by atoms with Crippen LogP contribution in [-0.2, 0) is 6.61 Å². The lowest BCUT2D eigenvalue weighted by Gasteiger charge is -2.14. The van der Waals surface area contributed by atoms with E-state index in [2.05, 4.69) is 4.98 Å². The minimum absolute atomic E-state index is 0.0249. The van der Waals surface area contributed by atoms with Crippen molar-refractivity contribution in [2.45, 2.75) is 6.61 Å². The number of hydrogen-bond acceptors (Lipinski definition) is 8. The number of pyridine rings is 1. The average Bonchev–Trinajstić information content (AvgIpc) is 2.76. The zero-order valence-corrected chi connectivity index (χ0v) is 16.5. The third-order valence-electron chi connectivity index (χ3n) is 4.54. The van der Waals surface area contributed by atoms with Gasteiger partial charge in [-0.15, -0.1) is 0 Å². The van der Waals surface area contributed by atoms with E-state index in [9.17, 15) is 29.8 Å². The fourth-order valence-corrected chi connectivity index (χ4v) is 3.09. The molecule has 3 aromatic rings. The first kappa shape index (κ1) is 21.8. The highest BCUT2D eigenvalue weighted by Crippen LogP contribution is 2.33. The van der Waals surface area contributed by atoms with Crippen molar-refractivity contribution in [3.63, 3.8) is 0 Å². The van der Waals surface area contributed by atoms with Crippen LogP contribution in [0.3, 0.4) is 0 Å². The van der Waals surface area contributed by atoms with Gasteiger partial charge in [0.15, 0.2) is 5.75 Å². The molecule has 0 saturated carbocycles. The Morgan fingerprint density at radius 1 is 1.16 bits per heavy atom. The van der Waals surface area contributed by atoms with Crippen molar-refractivity contribution in [3.05, 3.63) is 79.4 Å². The number of ether oxygens (including phenoxy) is 2. The Morgan fingerprint density at radius 2 is 1.88 bits per heavy atom. The third kappa shape index (κ3) is 4.04. The number of hydrogen-bond donors (Lipinski definition) is 2. The van der Waals surface area contributed by atoms with E-state index in [-0.39, 0.29) is 34.9 Å². The van der Waals surface area contributed by atoms with Crippen LogP contribution in [0.5, 0.6) is 11.5 Å². The van der Waals surface area contributed by atoms with Gasteiger partial charge >= 0.3 is 5.69 Å². The number of halogens is 1. The standard InChI is InChI=1S/C21H14FN5O5/c1-31-17-5-2-11(19-14(8-23)20(25)26-21(28)15(19)9-24)6-12(17)10-32-18-7-13(22)3-4-16(18)27(29)30/h2-7H,10H2,1H3,(H3,25,26,28). The van der Waals surface area contributed by atoms with Crippen molar-refractivity contribution in [2.24, 2.45) is 0 Å². The molecule has 2 aromatic carbocycles. The van der Waals surface area contributed by atoms with Crippen LogP contribution in [0.4, 0.5) is 15.9 Å². The van der Waals surface area contributed by atoms with Crippen molar-refractivity contribution in [2.75, 3.05) is 12.8 Å². The normalized spacial score (nSPS) is 10.1. The minimum atomic E-state index is -0.761. The van der Waals surface area contributed by atoms with E-state index in [4.69, 9.17) is 15.2 Å². The predicted molar refractivity (Wildman–Crippen MR) is 110 cm³/mol. The first-order chi connectivity index (χ1) is 15.3. The summed E-state index contributed by atoms with van der Waals surface area (Å²) in [5.41, 5.74) is 4.82. The van der Waals surface area contributed by atoms with Crippen LogP contribution >= 0.6 is 0 Å². The second-order valence-electron chi connectivity index (χ2n) is 6.40. The number of aromatic amines is 1. The molecule has 0 atom stereocenters. The van der Waals surface area contributed by atoms with Crippen LogP contribution in [0, 0.1) is 38.6 Å². The van der Waals surface area contributed by atoms with E-state index in [1.165, 1.54) is 25.3 Å². The second-order valence-corrected chi connectivity index (χ2v) is 6.40. The summed E-state index contributed by atoms with van der Waals surface area (Å²) in [6, 6.07) is 11.0. The quantitative estimate of drug-likeness (QED) is 0.440. The first-order valence-corrected chi connectivity index (χ1v) is 8.90. The van der Waals surface area contributed by atoms with Crippen LogP contribution in [0.2, 0.25) is 0 Å². The maximum Gasteiger partial charge on any atom is 0.311 e. The lowest BCUT2D eigenvalue weighted by molar-refractivity contribution is -0.386. The van der Waals surface area contributed by atoms with Gasteiger partial charge in [-0.2, -0.15) is 10.5 Å². The van der Waals surface area contributed by atoms with Gasteiger partial charge in [0.25, 0.3) is 5.56 Å². The molecular weight excluding hydrogens is 421 g/mol. The van der Waals surface area contributed by atoms with Crippen LogP contribution in [-0.4, -0.2) is 17.0 Å². The smallest absolute Gasteiger partial charge is 0.311 e. The fraction of sp³-hybridized carbons (Fsp3) is 0.0952. The summed E-state index contributed by atoms with van der Waals surface area (Å²) in [5.74, 6) is -0.890. The van der Waals surface area contributed by atoms with E-state index in [0.29, 0.717) is 16.9 Å². The monoisotopic (exact) mass is 435 g/mol. The Hall–Kier alpha value is -4.90. The highest BCUT2D eigenvalue weighted by molar-refractivity contribution is 5.80. The Labute approximate surface area is 180 Å². The number of anilines is 1. The van der Waals surface area contributed by atoms with E-state index in [0.717, 1.165) is 18.2 Å². The molecule has 3 N–H and O–H groups in total. The Kier molecular flexibility index (Phi) is 6.03. The highest BCUT2D eigenvalue weighted by Gasteiger charge is 2.20. The number of nitrogens with zero attached hydrogens (tertiary/aromatic N) is 3. The van der Waals surface area contributed by atoms with Gasteiger partial charge in [-0.1, -0.05) is 6.07 Å². The minimum Gasteiger partial charge on any atom is -0.496 e. The Bertz CT molecular complexity index is 1370. The number of nitrogens with two attached hydrogens (primary N) is 1. The number of nitriles is 2. The maximum atomic E-state index is 13.6. The molecule has 0 aliphatic heterocycles. The van der Waals surface area contributed by atoms with Crippen molar-refractivity contribution >= 4 is 11.5 Å². The number of benzene rings is 2. The van der Waals surface area contributed by atoms with Crippen LogP contribution in [0.25, 0.3) is 11.1 Å². The summed E-state index contributed by atoms with van der Waals surface area (Å²) in [6.45, 7) is -0.274. The number of nitrogen functional groups attached to an aromatic ring is 1. The summed E-state index contributed by atoms with van der Waals surface area (Å²) in [4.78, 5) is 24.9. The van der Waals surface area contributed by atoms with Crippen LogP contribution in [0.15, 0.2) is 41.2 Å². The van der Waals surface area contributed by atoms with Gasteiger partial charge in [0.1, 0.15) is 47.3 Å². The van der Waals surface area contributed by atoms with Crippen LogP contribution < -0.4 is 20.8 Å². The van der Waals surface area contributed by atoms with Crippen molar-refractivity contribution in [1.29, 1.82) is 10.5 Å². The molecule has 0 bridgehead atoms. The zero-order chi connectivity index (χ0) is 23.4. The summed E-state index contributed by atoms with van der Waals surface area (Å²) in [6.07, 6.45) is 0. The van der Waals surface area contributed by atoms with E-state index in [1.54, 1.807) is 6.07 Å². The molecule has 1 heterocycles. The lowest BCUT2D eigenvalue weighted by Crippen LogP contribution is -2.16. The highest BCUT2D eigenvalue weighted by atomic mass is 19.1. The third-order valence-corrected chi connectivity index (χ3v) is 4.54. The van der Waals surface area contributed by atoms with Crippen LogP contribution in [0.1, 0.15) is 16.7 Å². The zero-order valence-electron chi connectivity index (χ0n) is 16.5. The molecule has 0 radical (unpaired) electrons. The molecule has 0 aliphatic carbocycles. The van der Waals surface area contributed by atoms with Crippen molar-refractivity contribution in [1.82, 2.24) is 4.98 Å². The van der Waals surface area contributed by atoms with Gasteiger partial charge in [-0.3, -0.25) is 14.9 Å². The number of nitrogens with one attached hydrogen (secondary N) is 1. The Balaban J connectivity index is 2.11. The fourth-order valence-electron chi connectivity index (χ4n) is 3.09. The number of methoxy groups -OCH3 is 1. The number of nitro benzene ring substituents is 1. The Morgan fingerprint density at radius 3 is 2.50 bits per heavy atom. The summed E-state index contributed by atoms with van der Waals surface area (Å²) >= 11 is 0. The van der Waals surface area contributed by atoms with Gasteiger partial charge in [0, 0.05) is 23.3 Å². The molecule has 3 rings (SSSR count). The molecule has 1 aromatic heterocycles. The summed E-state index contributed by atoms with van der Waals surface area (Å²) in [7, 11) is 1.38. The molecule has 0 spiro atoms. The molecule has 32 heavy (non-hydrogen) atoms. The van der Waals surface area contributed by atoms with E-state index < -0.39 is 22.0 Å². The SMILES string of the molecule is COc1ccc(-c2c(C#N)c(N)[nH]c(=O)c2C#N)cc1COc1cc(F)ccc1[N+](=O)[O-]. The summed E-state index contributed by atoms with van der Waals surface area (Å²) < 4.78 is 24.3. The average molecular weight is 435 g/mol. The molecular formula is C21H14FN5O5. The number of nitro groups is 1. The van der Waals surface area contributed by atoms with Gasteiger partial charge in [-0.05, 0) is 23.8 Å². The van der Waals surface area contributed by atoms with Gasteiger partial charge < -0.3 is 20.2 Å². The number of H-pyrrole nitrogens is 1. The molecule has 0 amide bonds. The molecule has 160 valence electrons. The predicted octanol–water partition coefficient (Wildman–Crippen LogP) is 3.00. The molecule has 0 fully saturated rings. The molecule has 0 unspecified atom stereocenters. The topological polar surface area (TPSA) is 168 Å². The van der Waals surface area contributed by atoms with E-state index >= 15 is 0 Å². The lowest BCUT2D eigenvalue weighted by atomic mass is 9.95. The number of aromatic nitrogens is 1. The summed E-state index contributed by atoms with van der Waals surface area (Å²) in [5, 5.41) is 30.1.